The Morgan fingerprint density at radius 2 is 1.80 bits per heavy atom. The highest BCUT2D eigenvalue weighted by Crippen LogP contribution is 2.34. The molecular weight excluding hydrogens is 230 g/mol. The second-order valence-corrected chi connectivity index (χ2v) is 6.32. The van der Waals surface area contributed by atoms with Gasteiger partial charge in [-0.1, -0.05) is 0 Å². The van der Waals surface area contributed by atoms with Gasteiger partial charge in [-0.25, -0.2) is 0 Å². The van der Waals surface area contributed by atoms with Gasteiger partial charge >= 0.3 is 0 Å². The molecule has 1 aliphatic carbocycles. The molecule has 0 radical (unpaired) electrons. The Kier molecular flexibility index (Phi) is 3.83. The van der Waals surface area contributed by atoms with E-state index in [9.17, 15) is 4.79 Å². The summed E-state index contributed by atoms with van der Waals surface area (Å²) in [5, 5.41) is -0.361. The molecule has 1 heterocycles. The van der Waals surface area contributed by atoms with Crippen LogP contribution in [0, 0.1) is 0 Å². The lowest BCUT2D eigenvalue weighted by molar-refractivity contribution is -0.133. The Bertz CT molecular complexity index is 237. The van der Waals surface area contributed by atoms with E-state index in [2.05, 4.69) is 4.90 Å². The summed E-state index contributed by atoms with van der Waals surface area (Å²) in [4.78, 5) is 14.1. The van der Waals surface area contributed by atoms with Crippen molar-refractivity contribution in [1.29, 1.82) is 0 Å². The lowest BCUT2D eigenvalue weighted by Gasteiger charge is -2.35. The van der Waals surface area contributed by atoms with Crippen LogP contribution in [0.4, 0.5) is 0 Å². The Hall–Kier alpha value is 0.110. The zero-order valence-electron chi connectivity index (χ0n) is 9.12. The van der Waals surface area contributed by atoms with Crippen LogP contribution in [-0.2, 0) is 4.79 Å². The Morgan fingerprint density at radius 1 is 1.27 bits per heavy atom. The molecule has 86 valence electrons. The number of nitrogens with zero attached hydrogens (tertiary/aromatic N) is 1. The van der Waals surface area contributed by atoms with Crippen LogP contribution >= 0.6 is 23.4 Å². The zero-order valence-corrected chi connectivity index (χ0v) is 10.7. The summed E-state index contributed by atoms with van der Waals surface area (Å²) in [6, 6.07) is 0.972. The van der Waals surface area contributed by atoms with Crippen LogP contribution in [0.1, 0.15) is 32.6 Å². The molecule has 4 heteroatoms. The molecule has 1 saturated heterocycles. The first-order chi connectivity index (χ1) is 7.20. The van der Waals surface area contributed by atoms with Crippen molar-refractivity contribution < 1.29 is 4.79 Å². The second-order valence-electron chi connectivity index (χ2n) is 4.44. The highest BCUT2D eigenvalue weighted by Gasteiger charge is 2.38. The zero-order chi connectivity index (χ0) is 10.8. The van der Waals surface area contributed by atoms with Crippen molar-refractivity contribution in [3.63, 3.8) is 0 Å². The van der Waals surface area contributed by atoms with E-state index >= 15 is 0 Å². The number of hydrogen-bond donors (Lipinski definition) is 0. The minimum absolute atomic E-state index is 0.149. The summed E-state index contributed by atoms with van der Waals surface area (Å²) in [6.45, 7) is 1.79. The minimum atomic E-state index is -0.361. The van der Waals surface area contributed by atoms with E-state index in [-0.39, 0.29) is 11.3 Å². The van der Waals surface area contributed by atoms with Crippen molar-refractivity contribution in [1.82, 2.24) is 4.90 Å². The fraction of sp³-hybridized carbons (Fsp3) is 0.909. The van der Waals surface area contributed by atoms with Crippen LogP contribution in [-0.4, -0.2) is 39.8 Å². The Labute approximate surface area is 101 Å². The predicted octanol–water partition coefficient (Wildman–Crippen LogP) is 2.50. The second kappa shape index (κ2) is 4.96. The predicted molar refractivity (Wildman–Crippen MR) is 65.5 cm³/mol. The summed E-state index contributed by atoms with van der Waals surface area (Å²) >= 11 is 7.91. The van der Waals surface area contributed by atoms with Crippen molar-refractivity contribution in [3.8, 4) is 0 Å². The van der Waals surface area contributed by atoms with E-state index in [1.165, 1.54) is 24.3 Å². The normalized spacial score (nSPS) is 24.9. The van der Waals surface area contributed by atoms with Gasteiger partial charge in [0.25, 0.3) is 0 Å². The average Bonchev–Trinajstić information content (AvgIpc) is 3.04. The molecule has 0 unspecified atom stereocenters. The van der Waals surface area contributed by atoms with E-state index in [4.69, 9.17) is 11.6 Å². The summed E-state index contributed by atoms with van der Waals surface area (Å²) in [5.74, 6) is 2.53. The van der Waals surface area contributed by atoms with Gasteiger partial charge in [-0.05, 0) is 44.1 Å². The van der Waals surface area contributed by atoms with E-state index < -0.39 is 0 Å². The SMILES string of the molecule is C[C@H](Cl)C(=O)N(C1CCSCC1)C1CC1. The molecule has 15 heavy (non-hydrogen) atoms. The molecule has 0 aromatic heterocycles. The molecule has 1 aliphatic heterocycles. The maximum atomic E-state index is 12.0. The largest absolute Gasteiger partial charge is 0.335 e. The molecule has 0 spiro atoms. The molecule has 1 amide bonds. The van der Waals surface area contributed by atoms with Gasteiger partial charge in [0.1, 0.15) is 5.38 Å². The Morgan fingerprint density at radius 3 is 2.27 bits per heavy atom. The standard InChI is InChI=1S/C11H18ClNOS/c1-8(12)11(14)13(9-2-3-9)10-4-6-15-7-5-10/h8-10H,2-7H2,1H3/t8-/m0/s1. The van der Waals surface area contributed by atoms with Gasteiger partial charge in [-0.3, -0.25) is 4.79 Å². The highest BCUT2D eigenvalue weighted by molar-refractivity contribution is 7.99. The average molecular weight is 248 g/mol. The number of hydrogen-bond acceptors (Lipinski definition) is 2. The van der Waals surface area contributed by atoms with Gasteiger partial charge < -0.3 is 4.90 Å². The lowest BCUT2D eigenvalue weighted by Crippen LogP contribution is -2.46. The number of carbonyl (C=O) groups excluding carboxylic acids is 1. The van der Waals surface area contributed by atoms with Gasteiger partial charge in [-0.2, -0.15) is 11.8 Å². The van der Waals surface area contributed by atoms with Gasteiger partial charge in [-0.15, -0.1) is 11.6 Å². The molecule has 1 atom stereocenters. The van der Waals surface area contributed by atoms with Gasteiger partial charge in [0.15, 0.2) is 0 Å². The van der Waals surface area contributed by atoms with Crippen LogP contribution in [0.5, 0.6) is 0 Å². The van der Waals surface area contributed by atoms with Crippen molar-refractivity contribution in [2.45, 2.75) is 50.1 Å². The molecular formula is C11H18ClNOS. The molecule has 0 aromatic carbocycles. The topological polar surface area (TPSA) is 20.3 Å². The van der Waals surface area contributed by atoms with Crippen LogP contribution in [0.3, 0.4) is 0 Å². The number of alkyl halides is 1. The van der Waals surface area contributed by atoms with Crippen LogP contribution in [0.15, 0.2) is 0 Å². The lowest BCUT2D eigenvalue weighted by atomic mass is 10.1. The number of rotatable bonds is 3. The molecule has 2 rings (SSSR count). The monoisotopic (exact) mass is 247 g/mol. The van der Waals surface area contributed by atoms with Crippen molar-refractivity contribution in [3.05, 3.63) is 0 Å². The molecule has 0 aromatic rings. The molecule has 1 saturated carbocycles. The highest BCUT2D eigenvalue weighted by atomic mass is 35.5. The first kappa shape index (κ1) is 11.6. The minimum Gasteiger partial charge on any atom is -0.335 e. The van der Waals surface area contributed by atoms with Gasteiger partial charge in [0, 0.05) is 12.1 Å². The maximum absolute atomic E-state index is 12.0. The fourth-order valence-corrected chi connectivity index (χ4v) is 3.37. The molecule has 2 fully saturated rings. The van der Waals surface area contributed by atoms with E-state index in [0.717, 1.165) is 12.8 Å². The van der Waals surface area contributed by atoms with E-state index in [1.807, 2.05) is 11.8 Å². The maximum Gasteiger partial charge on any atom is 0.240 e. The molecule has 2 nitrogen and oxygen atoms in total. The third-order valence-electron chi connectivity index (χ3n) is 3.12. The first-order valence-corrected chi connectivity index (χ1v) is 7.33. The number of halogens is 1. The van der Waals surface area contributed by atoms with E-state index in [1.54, 1.807) is 6.92 Å². The van der Waals surface area contributed by atoms with Gasteiger partial charge in [0.2, 0.25) is 5.91 Å². The summed E-state index contributed by atoms with van der Waals surface area (Å²) in [7, 11) is 0. The third-order valence-corrected chi connectivity index (χ3v) is 4.35. The first-order valence-electron chi connectivity index (χ1n) is 5.74. The molecule has 0 N–H and O–H groups in total. The van der Waals surface area contributed by atoms with Crippen LogP contribution < -0.4 is 0 Å². The number of amides is 1. The summed E-state index contributed by atoms with van der Waals surface area (Å²) in [6.07, 6.45) is 4.66. The van der Waals surface area contributed by atoms with Crippen molar-refractivity contribution >= 4 is 29.3 Å². The molecule has 2 aliphatic rings. The van der Waals surface area contributed by atoms with Crippen LogP contribution in [0.25, 0.3) is 0 Å². The van der Waals surface area contributed by atoms with Crippen molar-refractivity contribution in [2.75, 3.05) is 11.5 Å². The summed E-state index contributed by atoms with van der Waals surface area (Å²) < 4.78 is 0. The van der Waals surface area contributed by atoms with Crippen molar-refractivity contribution in [2.24, 2.45) is 0 Å². The number of carbonyl (C=O) groups is 1. The number of thioether (sulfide) groups is 1. The summed E-state index contributed by atoms with van der Waals surface area (Å²) in [5.41, 5.74) is 0. The fourth-order valence-electron chi connectivity index (χ4n) is 2.18. The van der Waals surface area contributed by atoms with Crippen LogP contribution in [0.2, 0.25) is 0 Å². The molecule has 0 bridgehead atoms. The van der Waals surface area contributed by atoms with Gasteiger partial charge in [0.05, 0.1) is 0 Å². The smallest absolute Gasteiger partial charge is 0.240 e. The van der Waals surface area contributed by atoms with E-state index in [0.29, 0.717) is 12.1 Å². The third kappa shape index (κ3) is 2.82. The quantitative estimate of drug-likeness (QED) is 0.715. The Balaban J connectivity index is 2.01.